The number of nitrogens with one attached hydrogen (secondary N) is 1. The Morgan fingerprint density at radius 1 is 1.03 bits per heavy atom. The smallest absolute Gasteiger partial charge is 0.226 e. The zero-order valence-corrected chi connectivity index (χ0v) is 17.8. The minimum Gasteiger partial charge on any atom is -0.379 e. The van der Waals surface area contributed by atoms with Crippen molar-refractivity contribution in [2.45, 2.75) is 45.1 Å². The summed E-state index contributed by atoms with van der Waals surface area (Å²) in [4.78, 5) is 19.1. The number of nitrogens with zero attached hydrogens (tertiary/aromatic N) is 2. The van der Waals surface area contributed by atoms with E-state index in [1.54, 1.807) is 0 Å². The van der Waals surface area contributed by atoms with Crippen molar-refractivity contribution in [2.24, 2.45) is 5.92 Å². The van der Waals surface area contributed by atoms with Crippen LogP contribution >= 0.6 is 0 Å². The molecule has 0 bridgehead atoms. The van der Waals surface area contributed by atoms with Gasteiger partial charge in [0, 0.05) is 43.6 Å². The molecule has 30 heavy (non-hydrogen) atoms. The average Bonchev–Trinajstić information content (AvgIpc) is 3.29. The lowest BCUT2D eigenvalue weighted by Gasteiger charge is -2.26. The van der Waals surface area contributed by atoms with Crippen molar-refractivity contribution in [3.8, 4) is 11.1 Å². The number of carbonyl (C=O) groups excluding carboxylic acids is 1. The van der Waals surface area contributed by atoms with Crippen molar-refractivity contribution >= 4 is 5.91 Å². The topological polar surface area (TPSA) is 54.5 Å². The van der Waals surface area contributed by atoms with Crippen LogP contribution in [0.2, 0.25) is 0 Å². The second kappa shape index (κ2) is 10.7. The highest BCUT2D eigenvalue weighted by molar-refractivity contribution is 5.78. The minimum atomic E-state index is 0.0701. The van der Waals surface area contributed by atoms with Crippen LogP contribution in [0.5, 0.6) is 0 Å². The van der Waals surface area contributed by atoms with Gasteiger partial charge in [-0.25, -0.2) is 0 Å². The normalized spacial score (nSPS) is 17.9. The van der Waals surface area contributed by atoms with E-state index in [1.807, 2.05) is 12.3 Å². The van der Waals surface area contributed by atoms with Crippen molar-refractivity contribution in [1.29, 1.82) is 0 Å². The van der Waals surface area contributed by atoms with Gasteiger partial charge < -0.3 is 10.1 Å². The van der Waals surface area contributed by atoms with Crippen molar-refractivity contribution in [1.82, 2.24) is 15.2 Å². The third-order valence-corrected chi connectivity index (χ3v) is 6.31. The summed E-state index contributed by atoms with van der Waals surface area (Å²) < 4.78 is 5.41. The number of carbonyl (C=O) groups is 1. The number of benzene rings is 1. The van der Waals surface area contributed by atoms with Gasteiger partial charge in [-0.3, -0.25) is 14.7 Å². The highest BCUT2D eigenvalue weighted by Gasteiger charge is 2.15. The summed E-state index contributed by atoms with van der Waals surface area (Å²) in [6.45, 7) is 5.42. The highest BCUT2D eigenvalue weighted by atomic mass is 16.5. The second-order valence-corrected chi connectivity index (χ2v) is 8.59. The molecule has 1 saturated carbocycles. The maximum absolute atomic E-state index is 12.2. The molecule has 1 aromatic carbocycles. The largest absolute Gasteiger partial charge is 0.379 e. The number of aromatic nitrogens is 1. The fourth-order valence-electron chi connectivity index (χ4n) is 4.46. The summed E-state index contributed by atoms with van der Waals surface area (Å²) in [7, 11) is 0. The summed E-state index contributed by atoms with van der Waals surface area (Å²) in [6.07, 6.45) is 8.69. The van der Waals surface area contributed by atoms with Crippen LogP contribution in [0.15, 0.2) is 42.6 Å². The fraction of sp³-hybridized carbons (Fsp3) is 0.520. The standard InChI is InChI=1S/C25H33N3O2/c29-25(26-12-11-20-3-1-2-4-20)17-24-10-9-23(18-27-24)22-7-5-21(6-8-22)19-28-13-15-30-16-14-28/h5-10,18,20H,1-4,11-17,19H2,(H,26,29). The first-order valence-corrected chi connectivity index (χ1v) is 11.4. The van der Waals surface area contributed by atoms with Gasteiger partial charge in [-0.2, -0.15) is 0 Å². The van der Waals surface area contributed by atoms with Gasteiger partial charge in [0.15, 0.2) is 0 Å². The molecule has 1 N–H and O–H groups in total. The van der Waals surface area contributed by atoms with Crippen molar-refractivity contribution in [3.05, 3.63) is 53.9 Å². The van der Waals surface area contributed by atoms with E-state index < -0.39 is 0 Å². The van der Waals surface area contributed by atoms with Crippen LogP contribution in [0, 0.1) is 5.92 Å². The van der Waals surface area contributed by atoms with Crippen molar-refractivity contribution in [2.75, 3.05) is 32.8 Å². The molecule has 1 amide bonds. The summed E-state index contributed by atoms with van der Waals surface area (Å²) in [6, 6.07) is 12.7. The van der Waals surface area contributed by atoms with Gasteiger partial charge in [0.1, 0.15) is 0 Å². The minimum absolute atomic E-state index is 0.0701. The van der Waals surface area contributed by atoms with E-state index in [0.717, 1.165) is 68.6 Å². The Hall–Kier alpha value is -2.24. The number of hydrogen-bond donors (Lipinski definition) is 1. The van der Waals surface area contributed by atoms with Crippen LogP contribution in [0.1, 0.15) is 43.4 Å². The van der Waals surface area contributed by atoms with Gasteiger partial charge in [0.25, 0.3) is 0 Å². The lowest BCUT2D eigenvalue weighted by molar-refractivity contribution is -0.120. The maximum Gasteiger partial charge on any atom is 0.226 e. The molecule has 4 rings (SSSR count). The number of amides is 1. The van der Waals surface area contributed by atoms with Crippen LogP contribution < -0.4 is 5.32 Å². The molecule has 1 aliphatic heterocycles. The van der Waals surface area contributed by atoms with Gasteiger partial charge in [0.2, 0.25) is 5.91 Å². The van der Waals surface area contributed by atoms with Gasteiger partial charge in [-0.1, -0.05) is 56.0 Å². The van der Waals surface area contributed by atoms with E-state index >= 15 is 0 Å². The number of morpholine rings is 1. The number of hydrogen-bond acceptors (Lipinski definition) is 4. The first kappa shape index (κ1) is 21.0. The molecule has 5 heteroatoms. The highest BCUT2D eigenvalue weighted by Crippen LogP contribution is 2.27. The van der Waals surface area contributed by atoms with E-state index in [-0.39, 0.29) is 5.91 Å². The summed E-state index contributed by atoms with van der Waals surface area (Å²) in [5.41, 5.74) is 4.37. The van der Waals surface area contributed by atoms with E-state index in [9.17, 15) is 4.79 Å². The molecule has 1 saturated heterocycles. The van der Waals surface area contributed by atoms with Crippen molar-refractivity contribution in [3.63, 3.8) is 0 Å². The Kier molecular flexibility index (Phi) is 7.49. The van der Waals surface area contributed by atoms with E-state index in [4.69, 9.17) is 4.74 Å². The SMILES string of the molecule is O=C(Cc1ccc(-c2ccc(CN3CCOCC3)cc2)cn1)NCCC1CCCC1. The molecule has 1 aromatic heterocycles. The Morgan fingerprint density at radius 3 is 2.47 bits per heavy atom. The molecule has 0 atom stereocenters. The molecule has 1 aliphatic carbocycles. The summed E-state index contributed by atoms with van der Waals surface area (Å²) in [5.74, 6) is 0.878. The first-order chi connectivity index (χ1) is 14.8. The summed E-state index contributed by atoms with van der Waals surface area (Å²) >= 11 is 0. The lowest BCUT2D eigenvalue weighted by atomic mass is 10.0. The molecule has 2 aliphatic rings. The molecular weight excluding hydrogens is 374 g/mol. The molecular formula is C25H33N3O2. The van der Waals surface area contributed by atoms with Crippen LogP contribution in [0.4, 0.5) is 0 Å². The predicted octanol–water partition coefficient (Wildman–Crippen LogP) is 3.82. The number of ether oxygens (including phenoxy) is 1. The van der Waals surface area contributed by atoms with Crippen LogP contribution in [-0.2, 0) is 22.5 Å². The molecule has 5 nitrogen and oxygen atoms in total. The third-order valence-electron chi connectivity index (χ3n) is 6.31. The van der Waals surface area contributed by atoms with E-state index in [0.29, 0.717) is 6.42 Å². The molecule has 2 fully saturated rings. The fourth-order valence-corrected chi connectivity index (χ4v) is 4.46. The first-order valence-electron chi connectivity index (χ1n) is 11.4. The van der Waals surface area contributed by atoms with Gasteiger partial charge in [-0.15, -0.1) is 0 Å². The number of pyridine rings is 1. The van der Waals surface area contributed by atoms with Gasteiger partial charge >= 0.3 is 0 Å². The maximum atomic E-state index is 12.2. The Labute approximate surface area is 179 Å². The average molecular weight is 408 g/mol. The van der Waals surface area contributed by atoms with Crippen LogP contribution in [-0.4, -0.2) is 48.6 Å². The van der Waals surface area contributed by atoms with Gasteiger partial charge in [-0.05, 0) is 29.5 Å². The number of rotatable bonds is 8. The molecule has 2 heterocycles. The molecule has 0 spiro atoms. The second-order valence-electron chi connectivity index (χ2n) is 8.59. The Bertz CT molecular complexity index is 792. The predicted molar refractivity (Wildman–Crippen MR) is 119 cm³/mol. The zero-order chi connectivity index (χ0) is 20.6. The van der Waals surface area contributed by atoms with Gasteiger partial charge in [0.05, 0.1) is 19.6 Å². The molecule has 0 radical (unpaired) electrons. The molecule has 0 unspecified atom stereocenters. The summed E-state index contributed by atoms with van der Waals surface area (Å²) in [5, 5.41) is 3.05. The van der Waals surface area contributed by atoms with Crippen molar-refractivity contribution < 1.29 is 9.53 Å². The van der Waals surface area contributed by atoms with Crippen LogP contribution in [0.3, 0.4) is 0 Å². The third kappa shape index (κ3) is 6.13. The molecule has 2 aromatic rings. The Morgan fingerprint density at radius 2 is 1.77 bits per heavy atom. The monoisotopic (exact) mass is 407 g/mol. The van der Waals surface area contributed by atoms with Crippen LogP contribution in [0.25, 0.3) is 11.1 Å². The zero-order valence-electron chi connectivity index (χ0n) is 17.8. The van der Waals surface area contributed by atoms with E-state index in [1.165, 1.54) is 31.2 Å². The Balaban J connectivity index is 1.24. The lowest BCUT2D eigenvalue weighted by Crippen LogP contribution is -2.35. The molecule has 160 valence electrons. The van der Waals surface area contributed by atoms with E-state index in [2.05, 4.69) is 45.5 Å². The quantitative estimate of drug-likeness (QED) is 0.723.